The third-order valence-electron chi connectivity index (χ3n) is 2.44. The van der Waals surface area contributed by atoms with E-state index in [-0.39, 0.29) is 17.2 Å². The Balaban J connectivity index is 2.68. The van der Waals surface area contributed by atoms with Crippen molar-refractivity contribution in [3.05, 3.63) is 27.9 Å². The van der Waals surface area contributed by atoms with Gasteiger partial charge in [-0.1, -0.05) is 0 Å². The molecule has 21 heavy (non-hydrogen) atoms. The number of rotatable bonds is 9. The standard InChI is InChI=1S/C12H17N3O6/c1-19-7-8-21-6-5-13-11-10(15(17)18)4-3-9(14-11)12(16)20-2/h3-4H,5-8H2,1-2H3,(H,13,14). The van der Waals surface area contributed by atoms with Gasteiger partial charge in [-0.15, -0.1) is 0 Å². The van der Waals surface area contributed by atoms with Crippen LogP contribution in [-0.4, -0.2) is 56.5 Å². The van der Waals surface area contributed by atoms with E-state index in [0.717, 1.165) is 0 Å². The minimum Gasteiger partial charge on any atom is -0.464 e. The summed E-state index contributed by atoms with van der Waals surface area (Å²) in [4.78, 5) is 25.6. The number of hydrogen-bond donors (Lipinski definition) is 1. The topological polar surface area (TPSA) is 113 Å². The molecule has 1 rings (SSSR count). The molecule has 1 heterocycles. The number of methoxy groups -OCH3 is 2. The lowest BCUT2D eigenvalue weighted by molar-refractivity contribution is -0.384. The monoisotopic (exact) mass is 299 g/mol. The zero-order valence-corrected chi connectivity index (χ0v) is 11.8. The molecule has 0 atom stereocenters. The number of ether oxygens (including phenoxy) is 3. The number of aromatic nitrogens is 1. The Morgan fingerprint density at radius 2 is 2.10 bits per heavy atom. The van der Waals surface area contributed by atoms with Gasteiger partial charge in [-0.2, -0.15) is 0 Å². The van der Waals surface area contributed by atoms with Gasteiger partial charge in [0.25, 0.3) is 0 Å². The highest BCUT2D eigenvalue weighted by Gasteiger charge is 2.18. The van der Waals surface area contributed by atoms with E-state index in [2.05, 4.69) is 15.0 Å². The summed E-state index contributed by atoms with van der Waals surface area (Å²) in [6, 6.07) is 2.44. The number of pyridine rings is 1. The first kappa shape index (κ1) is 16.8. The van der Waals surface area contributed by atoms with Crippen LogP contribution >= 0.6 is 0 Å². The molecule has 0 aliphatic carbocycles. The van der Waals surface area contributed by atoms with Crippen molar-refractivity contribution in [2.45, 2.75) is 0 Å². The maximum absolute atomic E-state index is 11.4. The van der Waals surface area contributed by atoms with Crippen molar-refractivity contribution in [2.24, 2.45) is 0 Å². The predicted molar refractivity (Wildman–Crippen MR) is 73.4 cm³/mol. The average Bonchev–Trinajstić information content (AvgIpc) is 2.49. The molecule has 0 saturated heterocycles. The number of carbonyl (C=O) groups excluding carboxylic acids is 1. The van der Waals surface area contributed by atoms with E-state index in [0.29, 0.717) is 26.4 Å². The molecule has 0 aliphatic rings. The molecule has 0 radical (unpaired) electrons. The van der Waals surface area contributed by atoms with Crippen LogP contribution in [0.15, 0.2) is 12.1 Å². The third kappa shape index (κ3) is 5.32. The SMILES string of the molecule is COCCOCCNc1nc(C(=O)OC)ccc1[N+](=O)[O-]. The summed E-state index contributed by atoms with van der Waals surface area (Å²) in [5, 5.41) is 13.7. The Bertz CT molecular complexity index is 494. The summed E-state index contributed by atoms with van der Waals surface area (Å²) in [5.41, 5.74) is -0.231. The van der Waals surface area contributed by atoms with E-state index in [1.54, 1.807) is 7.11 Å². The maximum atomic E-state index is 11.4. The lowest BCUT2D eigenvalue weighted by Crippen LogP contribution is -2.15. The van der Waals surface area contributed by atoms with Crippen molar-refractivity contribution in [1.29, 1.82) is 0 Å². The quantitative estimate of drug-likeness (QED) is 0.309. The van der Waals surface area contributed by atoms with E-state index >= 15 is 0 Å². The molecule has 1 aromatic rings. The van der Waals surface area contributed by atoms with Gasteiger partial charge in [-0.25, -0.2) is 9.78 Å². The van der Waals surface area contributed by atoms with Gasteiger partial charge < -0.3 is 19.5 Å². The van der Waals surface area contributed by atoms with Gasteiger partial charge in [0.05, 0.1) is 31.9 Å². The second-order valence-corrected chi connectivity index (χ2v) is 3.84. The Labute approximate surface area is 121 Å². The van der Waals surface area contributed by atoms with E-state index in [4.69, 9.17) is 9.47 Å². The first-order chi connectivity index (χ1) is 10.1. The molecule has 116 valence electrons. The smallest absolute Gasteiger partial charge is 0.356 e. The first-order valence-electron chi connectivity index (χ1n) is 6.14. The fourth-order valence-corrected chi connectivity index (χ4v) is 1.43. The largest absolute Gasteiger partial charge is 0.464 e. The Kier molecular flexibility index (Phi) is 7.05. The summed E-state index contributed by atoms with van der Waals surface area (Å²) in [7, 11) is 2.77. The van der Waals surface area contributed by atoms with Crippen molar-refractivity contribution in [2.75, 3.05) is 45.9 Å². The highest BCUT2D eigenvalue weighted by Crippen LogP contribution is 2.22. The summed E-state index contributed by atoms with van der Waals surface area (Å²) in [6.07, 6.45) is 0. The van der Waals surface area contributed by atoms with Gasteiger partial charge in [0.2, 0.25) is 5.82 Å². The molecule has 9 nitrogen and oxygen atoms in total. The number of esters is 1. The van der Waals surface area contributed by atoms with E-state index in [1.807, 2.05) is 0 Å². The second kappa shape index (κ2) is 8.82. The molecule has 0 aromatic carbocycles. The van der Waals surface area contributed by atoms with Crippen LogP contribution in [0.1, 0.15) is 10.5 Å². The van der Waals surface area contributed by atoms with Crippen molar-refractivity contribution in [1.82, 2.24) is 4.98 Å². The summed E-state index contributed by atoms with van der Waals surface area (Å²) < 4.78 is 14.6. The maximum Gasteiger partial charge on any atom is 0.356 e. The molecule has 0 spiro atoms. The molecule has 0 unspecified atom stereocenters. The summed E-state index contributed by atoms with van der Waals surface area (Å²) in [5.74, 6) is -0.664. The molecular weight excluding hydrogens is 282 g/mol. The van der Waals surface area contributed by atoms with Crippen LogP contribution in [0.2, 0.25) is 0 Å². The summed E-state index contributed by atoms with van der Waals surface area (Å²) in [6.45, 7) is 1.53. The fourth-order valence-electron chi connectivity index (χ4n) is 1.43. The van der Waals surface area contributed by atoms with Crippen LogP contribution in [0.3, 0.4) is 0 Å². The molecule has 0 aliphatic heterocycles. The minimum atomic E-state index is -0.663. The van der Waals surface area contributed by atoms with E-state index in [9.17, 15) is 14.9 Å². The average molecular weight is 299 g/mol. The van der Waals surface area contributed by atoms with Crippen LogP contribution in [0.5, 0.6) is 0 Å². The molecule has 1 aromatic heterocycles. The lowest BCUT2D eigenvalue weighted by atomic mass is 10.3. The van der Waals surface area contributed by atoms with Crippen LogP contribution in [0, 0.1) is 10.1 Å². The van der Waals surface area contributed by atoms with Crippen LogP contribution < -0.4 is 5.32 Å². The molecule has 0 fully saturated rings. The second-order valence-electron chi connectivity index (χ2n) is 3.84. The molecule has 9 heteroatoms. The molecule has 1 N–H and O–H groups in total. The zero-order valence-electron chi connectivity index (χ0n) is 11.8. The normalized spacial score (nSPS) is 10.2. The van der Waals surface area contributed by atoms with Gasteiger partial charge in [0, 0.05) is 19.7 Å². The number of nitro groups is 1. The number of hydrogen-bond acceptors (Lipinski definition) is 8. The highest BCUT2D eigenvalue weighted by molar-refractivity contribution is 5.88. The highest BCUT2D eigenvalue weighted by atomic mass is 16.6. The number of nitrogens with one attached hydrogen (secondary N) is 1. The molecule has 0 saturated carbocycles. The zero-order chi connectivity index (χ0) is 15.7. The fraction of sp³-hybridized carbons (Fsp3) is 0.500. The van der Waals surface area contributed by atoms with Crippen LogP contribution in [0.4, 0.5) is 11.5 Å². The Hall–Kier alpha value is -2.26. The van der Waals surface area contributed by atoms with Gasteiger partial charge in [-0.3, -0.25) is 10.1 Å². The predicted octanol–water partition coefficient (Wildman–Crippen LogP) is 0.851. The van der Waals surface area contributed by atoms with Gasteiger partial charge in [-0.05, 0) is 6.07 Å². The third-order valence-corrected chi connectivity index (χ3v) is 2.44. The van der Waals surface area contributed by atoms with Crippen molar-refractivity contribution in [3.8, 4) is 0 Å². The Morgan fingerprint density at radius 3 is 2.71 bits per heavy atom. The van der Waals surface area contributed by atoms with Gasteiger partial charge >= 0.3 is 11.7 Å². The number of nitrogens with zero attached hydrogens (tertiary/aromatic N) is 2. The summed E-state index contributed by atoms with van der Waals surface area (Å²) >= 11 is 0. The van der Waals surface area contributed by atoms with Gasteiger partial charge in [0.15, 0.2) is 5.69 Å². The van der Waals surface area contributed by atoms with E-state index in [1.165, 1.54) is 19.2 Å². The molecule has 0 amide bonds. The molecule has 0 bridgehead atoms. The number of carbonyl (C=O) groups is 1. The van der Waals surface area contributed by atoms with E-state index < -0.39 is 10.9 Å². The van der Waals surface area contributed by atoms with Gasteiger partial charge in [0.1, 0.15) is 0 Å². The number of anilines is 1. The molecular formula is C12H17N3O6. The first-order valence-corrected chi connectivity index (χ1v) is 6.14. The Morgan fingerprint density at radius 1 is 1.33 bits per heavy atom. The van der Waals surface area contributed by atoms with Crippen molar-refractivity contribution < 1.29 is 23.9 Å². The van der Waals surface area contributed by atoms with Crippen LogP contribution in [-0.2, 0) is 14.2 Å². The lowest BCUT2D eigenvalue weighted by Gasteiger charge is -2.08. The minimum absolute atomic E-state index is 0.00163. The van der Waals surface area contributed by atoms with Crippen LogP contribution in [0.25, 0.3) is 0 Å². The van der Waals surface area contributed by atoms with Crippen molar-refractivity contribution >= 4 is 17.5 Å². The van der Waals surface area contributed by atoms with Crippen molar-refractivity contribution in [3.63, 3.8) is 0 Å².